The van der Waals surface area contributed by atoms with Crippen LogP contribution in [0.2, 0.25) is 0 Å². The highest BCUT2D eigenvalue weighted by Gasteiger charge is 2.17. The molecule has 0 aliphatic carbocycles. The molecule has 0 unspecified atom stereocenters. The zero-order valence-corrected chi connectivity index (χ0v) is 17.3. The molecule has 0 aliphatic rings. The Balaban J connectivity index is 2.08. The van der Waals surface area contributed by atoms with Crippen LogP contribution >= 0.6 is 22.6 Å². The van der Waals surface area contributed by atoms with Crippen LogP contribution in [0.1, 0.15) is 17.3 Å². The molecule has 0 saturated heterocycles. The van der Waals surface area contributed by atoms with Gasteiger partial charge in [0, 0.05) is 21.2 Å². The van der Waals surface area contributed by atoms with Gasteiger partial charge in [-0.3, -0.25) is 4.98 Å². The first kappa shape index (κ1) is 19.2. The third-order valence-electron chi connectivity index (χ3n) is 3.86. The fourth-order valence-electron chi connectivity index (χ4n) is 2.61. The first-order valence-electron chi connectivity index (χ1n) is 8.22. The number of hydrogen-bond donors (Lipinski definition) is 0. The van der Waals surface area contributed by atoms with Crippen molar-refractivity contribution < 1.29 is 23.7 Å². The number of esters is 1. The summed E-state index contributed by atoms with van der Waals surface area (Å²) in [6.45, 7) is 2.06. The van der Waals surface area contributed by atoms with Crippen LogP contribution < -0.4 is 14.2 Å². The first-order chi connectivity index (χ1) is 13.1. The maximum Gasteiger partial charge on any atom is 0.341 e. The van der Waals surface area contributed by atoms with E-state index in [0.29, 0.717) is 40.7 Å². The van der Waals surface area contributed by atoms with Gasteiger partial charge in [-0.25, -0.2) is 4.79 Å². The Labute approximate surface area is 170 Å². The molecule has 3 aromatic rings. The number of carbonyl (C=O) groups is 1. The molecule has 2 aromatic carbocycles. The van der Waals surface area contributed by atoms with Crippen molar-refractivity contribution in [3.8, 4) is 23.0 Å². The molecule has 0 aliphatic heterocycles. The van der Waals surface area contributed by atoms with E-state index in [0.717, 1.165) is 8.96 Å². The van der Waals surface area contributed by atoms with Crippen LogP contribution in [0.3, 0.4) is 0 Å². The van der Waals surface area contributed by atoms with Crippen LogP contribution in [0.15, 0.2) is 42.6 Å². The highest BCUT2D eigenvalue weighted by atomic mass is 127. The molecule has 0 N–H and O–H groups in total. The molecule has 6 nitrogen and oxygen atoms in total. The van der Waals surface area contributed by atoms with Crippen LogP contribution in [0.25, 0.3) is 10.9 Å². The number of aromatic nitrogens is 1. The van der Waals surface area contributed by atoms with E-state index in [1.165, 1.54) is 0 Å². The van der Waals surface area contributed by atoms with Gasteiger partial charge in [0.05, 0.1) is 26.3 Å². The average molecular weight is 479 g/mol. The molecule has 7 heteroatoms. The molecule has 0 bridgehead atoms. The second-order valence-corrected chi connectivity index (χ2v) is 6.74. The fraction of sp³-hybridized carbons (Fsp3) is 0.200. The number of benzene rings is 2. The molecule has 0 amide bonds. The Kier molecular flexibility index (Phi) is 6.00. The summed E-state index contributed by atoms with van der Waals surface area (Å²) in [6.07, 6.45) is 1.64. The van der Waals surface area contributed by atoms with Gasteiger partial charge >= 0.3 is 5.97 Å². The van der Waals surface area contributed by atoms with Gasteiger partial charge < -0.3 is 18.9 Å². The number of pyridine rings is 1. The van der Waals surface area contributed by atoms with Crippen molar-refractivity contribution in [3.05, 3.63) is 51.7 Å². The molecule has 27 heavy (non-hydrogen) atoms. The lowest BCUT2D eigenvalue weighted by atomic mass is 10.1. The zero-order chi connectivity index (χ0) is 19.4. The van der Waals surface area contributed by atoms with Gasteiger partial charge in [-0.1, -0.05) is 0 Å². The van der Waals surface area contributed by atoms with Gasteiger partial charge in [0.15, 0.2) is 11.5 Å². The summed E-state index contributed by atoms with van der Waals surface area (Å²) in [5.74, 6) is 1.68. The van der Waals surface area contributed by atoms with E-state index in [1.807, 2.05) is 6.07 Å². The maximum absolute atomic E-state index is 12.3. The van der Waals surface area contributed by atoms with Crippen molar-refractivity contribution in [3.63, 3.8) is 0 Å². The summed E-state index contributed by atoms with van der Waals surface area (Å²) >= 11 is 2.14. The maximum atomic E-state index is 12.3. The summed E-state index contributed by atoms with van der Waals surface area (Å²) in [5, 5.41) is 0.739. The summed E-state index contributed by atoms with van der Waals surface area (Å²) in [5.41, 5.74) is 1.06. The molecule has 0 saturated carbocycles. The molecular formula is C20H18INO5. The molecule has 0 radical (unpaired) electrons. The SMILES string of the molecule is CCOC(=O)c1cc(I)ccc1Oc1ccnc2cc(OC)c(OC)cc12. The minimum absolute atomic E-state index is 0.291. The Morgan fingerprint density at radius 2 is 1.74 bits per heavy atom. The highest BCUT2D eigenvalue weighted by molar-refractivity contribution is 14.1. The molecule has 0 fully saturated rings. The average Bonchev–Trinajstić information content (AvgIpc) is 2.68. The van der Waals surface area contributed by atoms with Crippen molar-refractivity contribution in [2.45, 2.75) is 6.92 Å². The van der Waals surface area contributed by atoms with Crippen LogP contribution in [-0.4, -0.2) is 31.8 Å². The lowest BCUT2D eigenvalue weighted by molar-refractivity contribution is 0.0523. The van der Waals surface area contributed by atoms with Crippen molar-refractivity contribution >= 4 is 39.5 Å². The molecular weight excluding hydrogens is 461 g/mol. The van der Waals surface area contributed by atoms with Gasteiger partial charge in [0.2, 0.25) is 0 Å². The van der Waals surface area contributed by atoms with Gasteiger partial charge in [-0.15, -0.1) is 0 Å². The normalized spacial score (nSPS) is 10.5. The van der Waals surface area contributed by atoms with E-state index < -0.39 is 5.97 Å². The molecule has 140 valence electrons. The molecule has 1 aromatic heterocycles. The molecule has 0 atom stereocenters. The number of hydrogen-bond acceptors (Lipinski definition) is 6. The lowest BCUT2D eigenvalue weighted by Gasteiger charge is -2.14. The standard InChI is InChI=1S/C20H18INO5/c1-4-26-20(23)14-9-12(21)5-6-16(14)27-17-7-8-22-15-11-19(25-3)18(24-2)10-13(15)17/h5-11H,4H2,1-3H3. The van der Waals surface area contributed by atoms with Crippen LogP contribution in [0.4, 0.5) is 0 Å². The first-order valence-corrected chi connectivity index (χ1v) is 9.30. The van der Waals surface area contributed by atoms with E-state index in [1.54, 1.807) is 57.7 Å². The third-order valence-corrected chi connectivity index (χ3v) is 4.53. The summed E-state index contributed by atoms with van der Waals surface area (Å²) < 4.78 is 22.8. The smallest absolute Gasteiger partial charge is 0.341 e. The summed E-state index contributed by atoms with van der Waals surface area (Å²) in [7, 11) is 3.14. The quantitative estimate of drug-likeness (QED) is 0.373. The van der Waals surface area contributed by atoms with E-state index in [9.17, 15) is 4.79 Å². The number of halogens is 1. The minimum atomic E-state index is -0.427. The number of ether oxygens (including phenoxy) is 4. The monoisotopic (exact) mass is 479 g/mol. The summed E-state index contributed by atoms with van der Waals surface area (Å²) in [6, 6.07) is 10.7. The Hall–Kier alpha value is -2.55. The van der Waals surface area contributed by atoms with E-state index >= 15 is 0 Å². The van der Waals surface area contributed by atoms with Gasteiger partial charge in [0.1, 0.15) is 17.1 Å². The van der Waals surface area contributed by atoms with Crippen LogP contribution in [0.5, 0.6) is 23.0 Å². The summed E-state index contributed by atoms with van der Waals surface area (Å²) in [4.78, 5) is 16.7. The fourth-order valence-corrected chi connectivity index (χ4v) is 3.11. The van der Waals surface area contributed by atoms with Crippen molar-refractivity contribution in [2.75, 3.05) is 20.8 Å². The number of rotatable bonds is 6. The van der Waals surface area contributed by atoms with Crippen molar-refractivity contribution in [1.82, 2.24) is 4.98 Å². The third kappa shape index (κ3) is 4.08. The second-order valence-electron chi connectivity index (χ2n) is 5.50. The minimum Gasteiger partial charge on any atom is -0.493 e. The topological polar surface area (TPSA) is 66.9 Å². The predicted molar refractivity (Wildman–Crippen MR) is 110 cm³/mol. The predicted octanol–water partition coefficient (Wildman–Crippen LogP) is 4.83. The molecule has 1 heterocycles. The number of nitrogens with zero attached hydrogens (tertiary/aromatic N) is 1. The van der Waals surface area contributed by atoms with Crippen LogP contribution in [0, 0.1) is 3.57 Å². The molecule has 0 spiro atoms. The van der Waals surface area contributed by atoms with E-state index in [-0.39, 0.29) is 0 Å². The number of carbonyl (C=O) groups excluding carboxylic acids is 1. The van der Waals surface area contributed by atoms with E-state index in [2.05, 4.69) is 27.6 Å². The van der Waals surface area contributed by atoms with Gasteiger partial charge in [-0.05, 0) is 59.8 Å². The Morgan fingerprint density at radius 3 is 2.44 bits per heavy atom. The largest absolute Gasteiger partial charge is 0.493 e. The second kappa shape index (κ2) is 8.43. The van der Waals surface area contributed by atoms with Gasteiger partial charge in [0.25, 0.3) is 0 Å². The van der Waals surface area contributed by atoms with Gasteiger partial charge in [-0.2, -0.15) is 0 Å². The number of fused-ring (bicyclic) bond motifs is 1. The number of methoxy groups -OCH3 is 2. The highest BCUT2D eigenvalue weighted by Crippen LogP contribution is 2.37. The lowest BCUT2D eigenvalue weighted by Crippen LogP contribution is -2.07. The van der Waals surface area contributed by atoms with Crippen molar-refractivity contribution in [2.24, 2.45) is 0 Å². The van der Waals surface area contributed by atoms with Crippen molar-refractivity contribution in [1.29, 1.82) is 0 Å². The molecule has 3 rings (SSSR count). The Bertz CT molecular complexity index is 990. The zero-order valence-electron chi connectivity index (χ0n) is 15.1. The Morgan fingerprint density at radius 1 is 1.00 bits per heavy atom. The van der Waals surface area contributed by atoms with Crippen LogP contribution in [-0.2, 0) is 4.74 Å². The van der Waals surface area contributed by atoms with E-state index in [4.69, 9.17) is 18.9 Å².